The number of nitrogen functional groups attached to an aromatic ring is 1. The second kappa shape index (κ2) is 7.11. The second-order valence-corrected chi connectivity index (χ2v) is 6.80. The van der Waals surface area contributed by atoms with Crippen molar-refractivity contribution in [2.24, 2.45) is 0 Å². The fraction of sp³-hybridized carbons (Fsp3) is 0.182. The van der Waals surface area contributed by atoms with Gasteiger partial charge in [-0.3, -0.25) is 0 Å². The van der Waals surface area contributed by atoms with Crippen molar-refractivity contribution in [2.45, 2.75) is 26.5 Å². The van der Waals surface area contributed by atoms with E-state index in [0.717, 1.165) is 33.5 Å². The van der Waals surface area contributed by atoms with Crippen molar-refractivity contribution < 1.29 is 4.74 Å². The molecule has 4 aromatic rings. The largest absolute Gasteiger partial charge is 0.489 e. The summed E-state index contributed by atoms with van der Waals surface area (Å²) >= 11 is 0. The van der Waals surface area contributed by atoms with Gasteiger partial charge in [0.05, 0.1) is 5.39 Å². The fourth-order valence-electron chi connectivity index (χ4n) is 3.19. The summed E-state index contributed by atoms with van der Waals surface area (Å²) in [6, 6.07) is 18.5. The molecule has 0 aliphatic heterocycles. The molecule has 0 unspecified atom stereocenters. The van der Waals surface area contributed by atoms with Gasteiger partial charge in [0.2, 0.25) is 0 Å². The van der Waals surface area contributed by atoms with Gasteiger partial charge in [0.25, 0.3) is 0 Å². The molecule has 2 aromatic heterocycles. The highest BCUT2D eigenvalue weighted by Gasteiger charge is 2.16. The lowest BCUT2D eigenvalue weighted by atomic mass is 10.1. The second-order valence-electron chi connectivity index (χ2n) is 6.80. The van der Waals surface area contributed by atoms with Gasteiger partial charge >= 0.3 is 0 Å². The van der Waals surface area contributed by atoms with Crippen molar-refractivity contribution in [3.05, 3.63) is 72.7 Å². The smallest absolute Gasteiger partial charge is 0.146 e. The Morgan fingerprint density at radius 2 is 1.74 bits per heavy atom. The molecule has 0 aliphatic carbocycles. The van der Waals surface area contributed by atoms with E-state index in [1.807, 2.05) is 42.5 Å². The molecule has 2 heterocycles. The first-order chi connectivity index (χ1) is 13.1. The zero-order chi connectivity index (χ0) is 18.8. The summed E-state index contributed by atoms with van der Waals surface area (Å²) in [7, 11) is 0. The Kier molecular flexibility index (Phi) is 4.50. The Balaban J connectivity index is 1.64. The van der Waals surface area contributed by atoms with Gasteiger partial charge in [-0.05, 0) is 37.1 Å². The number of nitrogens with two attached hydrogens (primary N) is 1. The molecule has 5 nitrogen and oxygen atoms in total. The first-order valence-electron chi connectivity index (χ1n) is 9.01. The van der Waals surface area contributed by atoms with E-state index < -0.39 is 0 Å². The van der Waals surface area contributed by atoms with Crippen LogP contribution in [-0.2, 0) is 6.61 Å². The summed E-state index contributed by atoms with van der Waals surface area (Å²) in [5.74, 6) is 1.33. The Morgan fingerprint density at radius 3 is 2.44 bits per heavy atom. The van der Waals surface area contributed by atoms with E-state index in [1.54, 1.807) is 0 Å². The number of anilines is 1. The minimum absolute atomic E-state index is 0.282. The number of rotatable bonds is 5. The van der Waals surface area contributed by atoms with Crippen LogP contribution in [0, 0.1) is 0 Å². The van der Waals surface area contributed by atoms with E-state index in [1.165, 1.54) is 6.33 Å². The third-order valence-corrected chi connectivity index (χ3v) is 4.61. The van der Waals surface area contributed by atoms with E-state index >= 15 is 0 Å². The fourth-order valence-corrected chi connectivity index (χ4v) is 3.19. The number of benzene rings is 2. The Bertz CT molecular complexity index is 1050. The van der Waals surface area contributed by atoms with Crippen LogP contribution in [0.1, 0.15) is 25.5 Å². The third-order valence-electron chi connectivity index (χ3n) is 4.61. The zero-order valence-corrected chi connectivity index (χ0v) is 15.5. The van der Waals surface area contributed by atoms with Crippen LogP contribution in [0.3, 0.4) is 0 Å². The molecule has 27 heavy (non-hydrogen) atoms. The molecule has 0 saturated heterocycles. The number of fused-ring (bicyclic) bond motifs is 1. The van der Waals surface area contributed by atoms with Gasteiger partial charge in [-0.15, -0.1) is 0 Å². The van der Waals surface area contributed by atoms with Crippen LogP contribution in [0.25, 0.3) is 22.2 Å². The van der Waals surface area contributed by atoms with Crippen LogP contribution >= 0.6 is 0 Å². The van der Waals surface area contributed by atoms with E-state index in [9.17, 15) is 0 Å². The standard InChI is InChI=1S/C22H22N4O/c1-15(2)26-12-19(20-21(23)24-14-25-22(20)26)17-8-10-18(11-9-17)27-13-16-6-4-3-5-7-16/h3-12,14-15H,13H2,1-2H3,(H2,23,24,25). The average molecular weight is 358 g/mol. The van der Waals surface area contributed by atoms with Crippen molar-refractivity contribution in [1.82, 2.24) is 14.5 Å². The first-order valence-corrected chi connectivity index (χ1v) is 9.01. The molecule has 0 atom stereocenters. The summed E-state index contributed by atoms with van der Waals surface area (Å²) in [5.41, 5.74) is 10.3. The molecular formula is C22H22N4O. The molecule has 5 heteroatoms. The van der Waals surface area contributed by atoms with Crippen LogP contribution < -0.4 is 10.5 Å². The monoisotopic (exact) mass is 358 g/mol. The highest BCUT2D eigenvalue weighted by atomic mass is 16.5. The van der Waals surface area contributed by atoms with E-state index in [0.29, 0.717) is 12.4 Å². The molecule has 0 spiro atoms. The summed E-state index contributed by atoms with van der Waals surface area (Å²) in [5, 5.41) is 0.893. The minimum Gasteiger partial charge on any atom is -0.489 e. The predicted octanol–water partition coefficient (Wildman–Crippen LogP) is 4.84. The maximum Gasteiger partial charge on any atom is 0.146 e. The lowest BCUT2D eigenvalue weighted by Gasteiger charge is -2.08. The quantitative estimate of drug-likeness (QED) is 0.554. The highest BCUT2D eigenvalue weighted by molar-refractivity contribution is 6.00. The predicted molar refractivity (Wildman–Crippen MR) is 109 cm³/mol. The van der Waals surface area contributed by atoms with Crippen LogP contribution in [-0.4, -0.2) is 14.5 Å². The molecule has 0 radical (unpaired) electrons. The zero-order valence-electron chi connectivity index (χ0n) is 15.5. The van der Waals surface area contributed by atoms with Gasteiger partial charge in [0, 0.05) is 17.8 Å². The van der Waals surface area contributed by atoms with Crippen LogP contribution in [0.4, 0.5) is 5.82 Å². The maximum atomic E-state index is 6.16. The van der Waals surface area contributed by atoms with E-state index in [4.69, 9.17) is 10.5 Å². The topological polar surface area (TPSA) is 66.0 Å². The Labute approximate surface area is 158 Å². The van der Waals surface area contributed by atoms with Crippen molar-refractivity contribution in [3.63, 3.8) is 0 Å². The van der Waals surface area contributed by atoms with Crippen molar-refractivity contribution >= 4 is 16.9 Å². The molecule has 0 amide bonds. The summed E-state index contributed by atoms with van der Waals surface area (Å²) < 4.78 is 8.01. The van der Waals surface area contributed by atoms with E-state index in [-0.39, 0.29) is 6.04 Å². The maximum absolute atomic E-state index is 6.16. The van der Waals surface area contributed by atoms with Crippen LogP contribution in [0.5, 0.6) is 5.75 Å². The highest BCUT2D eigenvalue weighted by Crippen LogP contribution is 2.34. The number of ether oxygens (including phenoxy) is 1. The lowest BCUT2D eigenvalue weighted by molar-refractivity contribution is 0.306. The first kappa shape index (κ1) is 17.1. The van der Waals surface area contributed by atoms with Gasteiger partial charge < -0.3 is 15.0 Å². The third kappa shape index (κ3) is 3.36. The molecule has 136 valence electrons. The molecule has 0 saturated carbocycles. The van der Waals surface area contributed by atoms with Crippen molar-refractivity contribution in [2.75, 3.05) is 5.73 Å². The Hall–Kier alpha value is -3.34. The van der Waals surface area contributed by atoms with Gasteiger partial charge in [0.1, 0.15) is 30.1 Å². The number of hydrogen-bond donors (Lipinski definition) is 1. The lowest BCUT2D eigenvalue weighted by Crippen LogP contribution is -2.00. The average Bonchev–Trinajstić information content (AvgIpc) is 3.09. The minimum atomic E-state index is 0.282. The summed E-state index contributed by atoms with van der Waals surface area (Å²) in [6.45, 7) is 4.80. The number of aromatic nitrogens is 3. The Morgan fingerprint density at radius 1 is 1.00 bits per heavy atom. The van der Waals surface area contributed by atoms with Gasteiger partial charge in [-0.25, -0.2) is 9.97 Å². The summed E-state index contributed by atoms with van der Waals surface area (Å²) in [4.78, 5) is 8.61. The van der Waals surface area contributed by atoms with Gasteiger partial charge in [-0.1, -0.05) is 42.5 Å². The SMILES string of the molecule is CC(C)n1cc(-c2ccc(OCc3ccccc3)cc2)c2c(N)ncnc21. The molecule has 0 bridgehead atoms. The molecule has 0 aliphatic rings. The van der Waals surface area contributed by atoms with Crippen molar-refractivity contribution in [1.29, 1.82) is 0 Å². The molecule has 2 N–H and O–H groups in total. The molecule has 2 aromatic carbocycles. The normalized spacial score (nSPS) is 11.2. The number of nitrogens with zero attached hydrogens (tertiary/aromatic N) is 3. The van der Waals surface area contributed by atoms with E-state index in [2.05, 4.69) is 46.7 Å². The van der Waals surface area contributed by atoms with Crippen molar-refractivity contribution in [3.8, 4) is 16.9 Å². The van der Waals surface area contributed by atoms with Crippen LogP contribution in [0.2, 0.25) is 0 Å². The molecule has 0 fully saturated rings. The molecule has 4 rings (SSSR count). The number of hydrogen-bond acceptors (Lipinski definition) is 4. The van der Waals surface area contributed by atoms with Gasteiger partial charge in [-0.2, -0.15) is 0 Å². The molecular weight excluding hydrogens is 336 g/mol. The van der Waals surface area contributed by atoms with Crippen LogP contribution in [0.15, 0.2) is 67.1 Å². The summed E-state index contributed by atoms with van der Waals surface area (Å²) in [6.07, 6.45) is 3.61. The van der Waals surface area contributed by atoms with Gasteiger partial charge in [0.15, 0.2) is 0 Å².